The Bertz CT molecular complexity index is 1240. The Morgan fingerprint density at radius 3 is 2.63 bits per heavy atom. The van der Waals surface area contributed by atoms with Crippen molar-refractivity contribution >= 4 is 6.03 Å². The molecule has 2 aromatic carbocycles. The van der Waals surface area contributed by atoms with Crippen LogP contribution in [0.4, 0.5) is 18.0 Å². The summed E-state index contributed by atoms with van der Waals surface area (Å²) < 4.78 is 45.6. The highest BCUT2D eigenvalue weighted by Gasteiger charge is 2.35. The molecule has 0 aliphatic carbocycles. The fraction of sp³-hybridized carbons (Fsp3) is 0.240. The molecule has 1 saturated heterocycles. The summed E-state index contributed by atoms with van der Waals surface area (Å²) in [4.78, 5) is 17.9. The average Bonchev–Trinajstić information content (AvgIpc) is 3.26. The summed E-state index contributed by atoms with van der Waals surface area (Å²) in [7, 11) is 0. The summed E-state index contributed by atoms with van der Waals surface area (Å²) in [5, 5.41) is 14.9. The Morgan fingerprint density at radius 1 is 1.14 bits per heavy atom. The van der Waals surface area contributed by atoms with Crippen LogP contribution in [0.25, 0.3) is 11.3 Å². The van der Waals surface area contributed by atoms with Crippen molar-refractivity contribution in [2.24, 2.45) is 0 Å². The van der Waals surface area contributed by atoms with Gasteiger partial charge in [-0.25, -0.2) is 4.79 Å². The lowest BCUT2D eigenvalue weighted by Crippen LogP contribution is -2.34. The molecule has 3 aromatic rings. The van der Waals surface area contributed by atoms with Crippen molar-refractivity contribution in [3.8, 4) is 28.8 Å². The summed E-state index contributed by atoms with van der Waals surface area (Å²) >= 11 is 0. The van der Waals surface area contributed by atoms with Gasteiger partial charge in [0.25, 0.3) is 0 Å². The van der Waals surface area contributed by atoms with Crippen LogP contribution in [0.5, 0.6) is 11.5 Å². The maximum atomic E-state index is 13.4. The van der Waals surface area contributed by atoms with Crippen LogP contribution in [0, 0.1) is 11.3 Å². The van der Waals surface area contributed by atoms with Crippen LogP contribution in [0.2, 0.25) is 0 Å². The molecule has 35 heavy (non-hydrogen) atoms. The third-order valence-electron chi connectivity index (χ3n) is 5.41. The molecule has 180 valence electrons. The highest BCUT2D eigenvalue weighted by atomic mass is 19.4. The van der Waals surface area contributed by atoms with Crippen molar-refractivity contribution in [3.05, 3.63) is 77.5 Å². The Morgan fingerprint density at radius 2 is 1.94 bits per heavy atom. The van der Waals surface area contributed by atoms with Gasteiger partial charge < -0.3 is 20.3 Å². The van der Waals surface area contributed by atoms with E-state index in [1.807, 2.05) is 18.2 Å². The molecule has 1 aliphatic heterocycles. The molecule has 2 amide bonds. The van der Waals surface area contributed by atoms with Crippen molar-refractivity contribution in [3.63, 3.8) is 0 Å². The summed E-state index contributed by atoms with van der Waals surface area (Å²) in [6.07, 6.45) is -4.65. The van der Waals surface area contributed by atoms with Gasteiger partial charge in [0.2, 0.25) is 0 Å². The topological polar surface area (TPSA) is 90.3 Å². The van der Waals surface area contributed by atoms with Crippen LogP contribution in [0.1, 0.15) is 16.8 Å². The number of benzene rings is 2. The van der Waals surface area contributed by atoms with Gasteiger partial charge in [0.15, 0.2) is 0 Å². The monoisotopic (exact) mass is 481 g/mol. The molecular weight excluding hydrogens is 459 g/mol. The Balaban J connectivity index is 1.39. The first-order chi connectivity index (χ1) is 16.8. The number of aromatic nitrogens is 1. The van der Waals surface area contributed by atoms with Crippen LogP contribution in [0.3, 0.4) is 0 Å². The second-order valence-corrected chi connectivity index (χ2v) is 7.86. The number of carbonyl (C=O) groups is 1. The number of amides is 2. The Kier molecular flexibility index (Phi) is 7.17. The SMILES string of the molecule is N#Cc1ccc(Oc2ccc(-c3cccc(CNCCN4CCNC4=O)n3)cc2)c(C(F)(F)F)c1. The maximum Gasteiger partial charge on any atom is 0.420 e. The first-order valence-corrected chi connectivity index (χ1v) is 10.9. The number of rotatable bonds is 8. The number of urea groups is 1. The van der Waals surface area contributed by atoms with Crippen molar-refractivity contribution in [2.75, 3.05) is 26.2 Å². The zero-order chi connectivity index (χ0) is 24.8. The number of nitriles is 1. The molecule has 7 nitrogen and oxygen atoms in total. The number of pyridine rings is 1. The molecule has 1 fully saturated rings. The van der Waals surface area contributed by atoms with E-state index in [2.05, 4.69) is 15.6 Å². The van der Waals surface area contributed by atoms with Crippen LogP contribution in [0.15, 0.2) is 60.7 Å². The first kappa shape index (κ1) is 24.0. The molecule has 1 aliphatic rings. The molecule has 1 aromatic heterocycles. The lowest BCUT2D eigenvalue weighted by atomic mass is 10.1. The summed E-state index contributed by atoms with van der Waals surface area (Å²) in [6.45, 7) is 3.16. The zero-order valence-electron chi connectivity index (χ0n) is 18.6. The minimum Gasteiger partial charge on any atom is -0.457 e. The van der Waals surface area contributed by atoms with Crippen molar-refractivity contribution in [2.45, 2.75) is 12.7 Å². The Hall–Kier alpha value is -4.10. The van der Waals surface area contributed by atoms with Crippen molar-refractivity contribution in [1.29, 1.82) is 5.26 Å². The van der Waals surface area contributed by atoms with Gasteiger partial charge in [0.1, 0.15) is 11.5 Å². The number of nitrogens with zero attached hydrogens (tertiary/aromatic N) is 3. The van der Waals surface area contributed by atoms with Crippen molar-refractivity contribution < 1.29 is 22.7 Å². The normalized spacial score (nSPS) is 13.4. The molecule has 4 rings (SSSR count). The van der Waals surface area contributed by atoms with E-state index in [0.717, 1.165) is 23.4 Å². The van der Waals surface area contributed by atoms with Gasteiger partial charge in [-0.15, -0.1) is 0 Å². The number of carbonyl (C=O) groups excluding carboxylic acids is 1. The minimum absolute atomic E-state index is 0.0480. The molecule has 0 spiro atoms. The summed E-state index contributed by atoms with van der Waals surface area (Å²) in [5.41, 5.74) is 1.21. The maximum absolute atomic E-state index is 13.4. The number of ether oxygens (including phenoxy) is 1. The predicted molar refractivity (Wildman–Crippen MR) is 123 cm³/mol. The highest BCUT2D eigenvalue weighted by Crippen LogP contribution is 2.39. The van der Waals surface area contributed by atoms with Gasteiger partial charge in [-0.2, -0.15) is 18.4 Å². The second kappa shape index (κ2) is 10.4. The van der Waals surface area contributed by atoms with E-state index >= 15 is 0 Å². The Labute approximate surface area is 200 Å². The number of alkyl halides is 3. The molecule has 2 N–H and O–H groups in total. The molecule has 0 unspecified atom stereocenters. The molecule has 0 atom stereocenters. The third-order valence-corrected chi connectivity index (χ3v) is 5.41. The molecule has 0 bridgehead atoms. The number of hydrogen-bond acceptors (Lipinski definition) is 5. The first-order valence-electron chi connectivity index (χ1n) is 10.9. The third kappa shape index (κ3) is 6.07. The summed E-state index contributed by atoms with van der Waals surface area (Å²) in [6, 6.07) is 17.0. The smallest absolute Gasteiger partial charge is 0.420 e. The lowest BCUT2D eigenvalue weighted by Gasteiger charge is -2.14. The van der Waals surface area contributed by atoms with Gasteiger partial charge in [-0.1, -0.05) is 6.07 Å². The van der Waals surface area contributed by atoms with E-state index in [9.17, 15) is 18.0 Å². The van der Waals surface area contributed by atoms with Gasteiger partial charge in [-0.3, -0.25) is 4.98 Å². The van der Waals surface area contributed by atoms with Gasteiger partial charge in [0.05, 0.1) is 28.6 Å². The molecule has 2 heterocycles. The van der Waals surface area contributed by atoms with Gasteiger partial charge in [-0.05, 0) is 54.6 Å². The van der Waals surface area contributed by atoms with E-state index in [1.54, 1.807) is 35.2 Å². The number of nitrogens with one attached hydrogen (secondary N) is 2. The van der Waals surface area contributed by atoms with Gasteiger partial charge >= 0.3 is 12.2 Å². The number of hydrogen-bond donors (Lipinski definition) is 2. The van der Waals surface area contributed by atoms with E-state index in [-0.39, 0.29) is 23.1 Å². The summed E-state index contributed by atoms with van der Waals surface area (Å²) in [5.74, 6) is -0.144. The van der Waals surface area contributed by atoms with Crippen molar-refractivity contribution in [1.82, 2.24) is 20.5 Å². The molecule has 0 radical (unpaired) electrons. The largest absolute Gasteiger partial charge is 0.457 e. The molecule has 0 saturated carbocycles. The predicted octanol–water partition coefficient (Wildman–Crippen LogP) is 4.55. The zero-order valence-corrected chi connectivity index (χ0v) is 18.6. The van der Waals surface area contributed by atoms with E-state index in [1.165, 1.54) is 6.07 Å². The van der Waals surface area contributed by atoms with Crippen LogP contribution in [-0.4, -0.2) is 42.1 Å². The minimum atomic E-state index is -4.65. The second-order valence-electron chi connectivity index (χ2n) is 7.86. The van der Waals surface area contributed by atoms with E-state index < -0.39 is 11.7 Å². The fourth-order valence-corrected chi connectivity index (χ4v) is 3.62. The molecular formula is C25H22F3N5O2. The highest BCUT2D eigenvalue weighted by molar-refractivity contribution is 5.76. The quantitative estimate of drug-likeness (QED) is 0.461. The van der Waals surface area contributed by atoms with E-state index in [0.29, 0.717) is 38.4 Å². The average molecular weight is 481 g/mol. The molecule has 10 heteroatoms. The van der Waals surface area contributed by atoms with Crippen LogP contribution in [-0.2, 0) is 12.7 Å². The van der Waals surface area contributed by atoms with Gasteiger partial charge in [0, 0.05) is 38.3 Å². The van der Waals surface area contributed by atoms with E-state index in [4.69, 9.17) is 10.00 Å². The standard InChI is InChI=1S/C25H22F3N5O2/c26-25(27,28)21-14-17(15-29)4-9-23(21)35-20-7-5-18(6-8-20)22-3-1-2-19(32-22)16-30-10-12-33-13-11-31-24(33)34/h1-9,14,30H,10-13,16H2,(H,31,34). The van der Waals surface area contributed by atoms with Crippen LogP contribution >= 0.6 is 0 Å². The van der Waals surface area contributed by atoms with Crippen LogP contribution < -0.4 is 15.4 Å². The fourth-order valence-electron chi connectivity index (χ4n) is 3.62. The lowest BCUT2D eigenvalue weighted by molar-refractivity contribution is -0.138. The number of halogens is 3.